The number of rotatable bonds is 4. The van der Waals surface area contributed by atoms with Crippen molar-refractivity contribution in [1.29, 1.82) is 0 Å². The molecule has 1 saturated carbocycles. The highest BCUT2D eigenvalue weighted by molar-refractivity contribution is 5.98. The predicted molar refractivity (Wildman–Crippen MR) is 79.8 cm³/mol. The van der Waals surface area contributed by atoms with Crippen LogP contribution in [0.5, 0.6) is 11.5 Å². The van der Waals surface area contributed by atoms with E-state index in [0.29, 0.717) is 28.9 Å². The Hall–Kier alpha value is -2.30. The molecule has 21 heavy (non-hydrogen) atoms. The lowest BCUT2D eigenvalue weighted by Gasteiger charge is -2.31. The SMILES string of the molecule is COc1ccc(C(=O)NN=C2CC3C=CCC23)cc1OC. The molecule has 1 aromatic rings. The third kappa shape index (κ3) is 2.51. The molecule has 0 spiro atoms. The Morgan fingerprint density at radius 1 is 1.29 bits per heavy atom. The molecule has 1 N–H and O–H groups in total. The number of methoxy groups -OCH3 is 2. The Labute approximate surface area is 123 Å². The van der Waals surface area contributed by atoms with Gasteiger partial charge in [0, 0.05) is 17.2 Å². The molecule has 1 fully saturated rings. The molecule has 1 amide bonds. The summed E-state index contributed by atoms with van der Waals surface area (Å²) in [6.45, 7) is 0. The molecule has 0 heterocycles. The molecule has 5 nitrogen and oxygen atoms in total. The van der Waals surface area contributed by atoms with Gasteiger partial charge in [-0.05, 0) is 37.0 Å². The number of hydrazone groups is 1. The van der Waals surface area contributed by atoms with Gasteiger partial charge >= 0.3 is 0 Å². The minimum Gasteiger partial charge on any atom is -0.493 e. The molecule has 2 unspecified atom stereocenters. The first kappa shape index (κ1) is 13.7. The van der Waals surface area contributed by atoms with Gasteiger partial charge in [0.05, 0.1) is 14.2 Å². The van der Waals surface area contributed by atoms with E-state index >= 15 is 0 Å². The Morgan fingerprint density at radius 2 is 2.10 bits per heavy atom. The van der Waals surface area contributed by atoms with Gasteiger partial charge in [-0.15, -0.1) is 0 Å². The Bertz CT molecular complexity index is 622. The largest absolute Gasteiger partial charge is 0.493 e. The van der Waals surface area contributed by atoms with Crippen LogP contribution in [0.4, 0.5) is 0 Å². The Kier molecular flexibility index (Phi) is 3.64. The molecule has 2 atom stereocenters. The first-order valence-corrected chi connectivity index (χ1v) is 6.98. The Balaban J connectivity index is 1.67. The maximum atomic E-state index is 12.1. The molecule has 0 aliphatic heterocycles. The number of benzene rings is 1. The minimum atomic E-state index is -0.238. The van der Waals surface area contributed by atoms with Crippen molar-refractivity contribution >= 4 is 11.6 Å². The summed E-state index contributed by atoms with van der Waals surface area (Å²) in [5.74, 6) is 2.01. The Morgan fingerprint density at radius 3 is 2.81 bits per heavy atom. The molecule has 5 heteroatoms. The number of nitrogens with one attached hydrogen (secondary N) is 1. The van der Waals surface area contributed by atoms with Gasteiger partial charge in [0.1, 0.15) is 0 Å². The summed E-state index contributed by atoms with van der Waals surface area (Å²) >= 11 is 0. The quantitative estimate of drug-likeness (QED) is 0.683. The smallest absolute Gasteiger partial charge is 0.271 e. The third-order valence-corrected chi connectivity index (χ3v) is 4.11. The molecule has 0 saturated heterocycles. The lowest BCUT2D eigenvalue weighted by atomic mass is 9.74. The molecular weight excluding hydrogens is 268 g/mol. The maximum absolute atomic E-state index is 12.1. The van der Waals surface area contributed by atoms with Crippen LogP contribution in [0, 0.1) is 11.8 Å². The number of ether oxygens (including phenoxy) is 2. The van der Waals surface area contributed by atoms with Gasteiger partial charge < -0.3 is 9.47 Å². The zero-order chi connectivity index (χ0) is 14.8. The van der Waals surface area contributed by atoms with Crippen LogP contribution in [0.1, 0.15) is 23.2 Å². The van der Waals surface area contributed by atoms with Gasteiger partial charge in [-0.1, -0.05) is 12.2 Å². The fourth-order valence-corrected chi connectivity index (χ4v) is 2.83. The minimum absolute atomic E-state index is 0.238. The summed E-state index contributed by atoms with van der Waals surface area (Å²) in [6, 6.07) is 5.05. The van der Waals surface area contributed by atoms with Gasteiger partial charge in [-0.2, -0.15) is 5.10 Å². The zero-order valence-corrected chi connectivity index (χ0v) is 12.1. The highest BCUT2D eigenvalue weighted by atomic mass is 16.5. The van der Waals surface area contributed by atoms with E-state index in [4.69, 9.17) is 9.47 Å². The van der Waals surface area contributed by atoms with Crippen LogP contribution in [0.15, 0.2) is 35.5 Å². The van der Waals surface area contributed by atoms with Gasteiger partial charge in [0.2, 0.25) is 0 Å². The van der Waals surface area contributed by atoms with E-state index in [1.54, 1.807) is 32.4 Å². The fraction of sp³-hybridized carbons (Fsp3) is 0.375. The molecule has 2 aliphatic rings. The number of carbonyl (C=O) groups excluding carboxylic acids is 1. The molecular formula is C16H18N2O3. The van der Waals surface area contributed by atoms with Gasteiger partial charge in [-0.3, -0.25) is 4.79 Å². The summed E-state index contributed by atoms with van der Waals surface area (Å²) in [7, 11) is 3.10. The molecule has 1 aromatic carbocycles. The van der Waals surface area contributed by atoms with Crippen LogP contribution in [0.25, 0.3) is 0 Å². The van der Waals surface area contributed by atoms with Crippen molar-refractivity contribution in [2.24, 2.45) is 16.9 Å². The number of hydrogen-bond donors (Lipinski definition) is 1. The van der Waals surface area contributed by atoms with E-state index in [1.807, 2.05) is 0 Å². The highest BCUT2D eigenvalue weighted by Crippen LogP contribution is 2.40. The topological polar surface area (TPSA) is 59.9 Å². The van der Waals surface area contributed by atoms with Crippen molar-refractivity contribution in [2.45, 2.75) is 12.8 Å². The average Bonchev–Trinajstić information content (AvgIpc) is 2.87. The maximum Gasteiger partial charge on any atom is 0.271 e. The normalized spacial score (nSPS) is 24.4. The first-order chi connectivity index (χ1) is 10.2. The van der Waals surface area contributed by atoms with Crippen LogP contribution in [0.3, 0.4) is 0 Å². The molecule has 0 radical (unpaired) electrons. The molecule has 0 bridgehead atoms. The summed E-state index contributed by atoms with van der Waals surface area (Å²) in [6.07, 6.45) is 6.41. The van der Waals surface area contributed by atoms with E-state index in [1.165, 1.54) is 0 Å². The molecule has 110 valence electrons. The van der Waals surface area contributed by atoms with Crippen LogP contribution < -0.4 is 14.9 Å². The van der Waals surface area contributed by atoms with Gasteiger partial charge in [-0.25, -0.2) is 5.43 Å². The van der Waals surface area contributed by atoms with E-state index in [0.717, 1.165) is 18.6 Å². The van der Waals surface area contributed by atoms with E-state index < -0.39 is 0 Å². The number of carbonyl (C=O) groups is 1. The first-order valence-electron chi connectivity index (χ1n) is 6.98. The van der Waals surface area contributed by atoms with E-state index in [-0.39, 0.29) is 5.91 Å². The summed E-state index contributed by atoms with van der Waals surface area (Å²) in [5, 5.41) is 4.25. The second-order valence-electron chi connectivity index (χ2n) is 5.25. The summed E-state index contributed by atoms with van der Waals surface area (Å²) in [5.41, 5.74) is 4.21. The van der Waals surface area contributed by atoms with Crippen molar-refractivity contribution < 1.29 is 14.3 Å². The van der Waals surface area contributed by atoms with E-state index in [9.17, 15) is 4.79 Å². The zero-order valence-electron chi connectivity index (χ0n) is 12.1. The molecule has 3 rings (SSSR count). The van der Waals surface area contributed by atoms with Gasteiger partial charge in [0.25, 0.3) is 5.91 Å². The van der Waals surface area contributed by atoms with Crippen molar-refractivity contribution in [3.63, 3.8) is 0 Å². The van der Waals surface area contributed by atoms with Crippen molar-refractivity contribution in [3.05, 3.63) is 35.9 Å². The van der Waals surface area contributed by atoms with Crippen molar-refractivity contribution in [3.8, 4) is 11.5 Å². The van der Waals surface area contributed by atoms with Crippen molar-refractivity contribution in [2.75, 3.05) is 14.2 Å². The van der Waals surface area contributed by atoms with Crippen molar-refractivity contribution in [1.82, 2.24) is 5.43 Å². The monoisotopic (exact) mass is 286 g/mol. The standard InChI is InChI=1S/C16H18N2O3/c1-20-14-7-6-11(9-15(14)21-2)16(19)18-17-13-8-10-4-3-5-12(10)13/h3-4,6-7,9-10,12H,5,8H2,1-2H3,(H,18,19). The van der Waals surface area contributed by atoms with E-state index in [2.05, 4.69) is 22.7 Å². The van der Waals surface area contributed by atoms with Crippen LogP contribution in [-0.2, 0) is 0 Å². The predicted octanol–water partition coefficient (Wildman–Crippen LogP) is 2.39. The number of allylic oxidation sites excluding steroid dienone is 2. The van der Waals surface area contributed by atoms with Gasteiger partial charge in [0.15, 0.2) is 11.5 Å². The fourth-order valence-electron chi connectivity index (χ4n) is 2.83. The number of amides is 1. The number of fused-ring (bicyclic) bond motifs is 1. The average molecular weight is 286 g/mol. The number of hydrogen-bond acceptors (Lipinski definition) is 4. The second-order valence-corrected chi connectivity index (χ2v) is 5.25. The van der Waals surface area contributed by atoms with Crippen LogP contribution in [-0.4, -0.2) is 25.8 Å². The summed E-state index contributed by atoms with van der Waals surface area (Å²) < 4.78 is 10.3. The molecule has 0 aromatic heterocycles. The lowest BCUT2D eigenvalue weighted by Crippen LogP contribution is -2.35. The second kappa shape index (κ2) is 5.60. The highest BCUT2D eigenvalue weighted by Gasteiger charge is 2.38. The van der Waals surface area contributed by atoms with Crippen LogP contribution >= 0.6 is 0 Å². The third-order valence-electron chi connectivity index (χ3n) is 4.11. The van der Waals surface area contributed by atoms with Crippen LogP contribution in [0.2, 0.25) is 0 Å². The molecule has 2 aliphatic carbocycles. The lowest BCUT2D eigenvalue weighted by molar-refractivity contribution is 0.0953. The number of nitrogens with zero attached hydrogens (tertiary/aromatic N) is 1. The summed E-state index contributed by atoms with van der Waals surface area (Å²) in [4.78, 5) is 12.1.